The Morgan fingerprint density at radius 2 is 1.38 bits per heavy atom. The second-order valence-electron chi connectivity index (χ2n) is 12.7. The fourth-order valence-electron chi connectivity index (χ4n) is 5.05. The highest BCUT2D eigenvalue weighted by Gasteiger charge is 2.43. The number of aliphatic hydroxyl groups is 1. The van der Waals surface area contributed by atoms with Gasteiger partial charge < -0.3 is 21.1 Å². The molecule has 1 atom stereocenters. The van der Waals surface area contributed by atoms with Crippen molar-refractivity contribution < 1.29 is 23.1 Å². The van der Waals surface area contributed by atoms with E-state index in [0.717, 1.165) is 11.1 Å². The molecule has 9 nitrogen and oxygen atoms in total. The number of amides is 2. The van der Waals surface area contributed by atoms with E-state index in [1.807, 2.05) is 88.4 Å². The number of rotatable bonds is 18. The number of sulfonamides is 1. The molecule has 0 spiro atoms. The van der Waals surface area contributed by atoms with Gasteiger partial charge >= 0.3 is 0 Å². The first-order valence-corrected chi connectivity index (χ1v) is 16.9. The van der Waals surface area contributed by atoms with Crippen molar-refractivity contribution in [3.8, 4) is 0 Å². The van der Waals surface area contributed by atoms with Crippen LogP contribution in [0.25, 0.3) is 0 Å². The van der Waals surface area contributed by atoms with Gasteiger partial charge in [0.1, 0.15) is 5.72 Å². The van der Waals surface area contributed by atoms with Crippen molar-refractivity contribution in [1.29, 1.82) is 0 Å². The van der Waals surface area contributed by atoms with Crippen LogP contribution in [0.1, 0.15) is 51.7 Å². The number of nitrogens with one attached hydrogen (secondary N) is 3. The van der Waals surface area contributed by atoms with Crippen molar-refractivity contribution in [2.75, 3.05) is 26.2 Å². The van der Waals surface area contributed by atoms with E-state index in [0.29, 0.717) is 13.1 Å². The summed E-state index contributed by atoms with van der Waals surface area (Å²) in [5, 5.41) is 21.0. The maximum atomic E-state index is 13.9. The number of nitrogens with zero attached hydrogens (tertiary/aromatic N) is 1. The van der Waals surface area contributed by atoms with E-state index in [9.17, 15) is 23.1 Å². The Morgan fingerprint density at radius 3 is 1.96 bits per heavy atom. The number of hydrogen-bond donors (Lipinski definition) is 4. The molecule has 1 unspecified atom stereocenters. The lowest BCUT2D eigenvalue weighted by Crippen LogP contribution is -2.55. The van der Waals surface area contributed by atoms with Crippen LogP contribution in [-0.2, 0) is 32.6 Å². The summed E-state index contributed by atoms with van der Waals surface area (Å²) >= 11 is 0. The Bertz CT molecular complexity index is 1450. The van der Waals surface area contributed by atoms with Crippen LogP contribution in [0.5, 0.6) is 0 Å². The molecule has 45 heavy (non-hydrogen) atoms. The molecule has 10 heteroatoms. The van der Waals surface area contributed by atoms with Crippen LogP contribution in [0, 0.1) is 11.3 Å². The second-order valence-corrected chi connectivity index (χ2v) is 14.6. The van der Waals surface area contributed by atoms with Crippen LogP contribution in [0.2, 0.25) is 0 Å². The predicted molar refractivity (Wildman–Crippen MR) is 177 cm³/mol. The zero-order valence-corrected chi connectivity index (χ0v) is 27.6. The molecule has 3 aromatic rings. The minimum Gasteiger partial charge on any atom is -0.374 e. The largest absolute Gasteiger partial charge is 0.374 e. The summed E-state index contributed by atoms with van der Waals surface area (Å²) < 4.78 is 29.0. The molecular weight excluding hydrogens is 588 g/mol. The highest BCUT2D eigenvalue weighted by molar-refractivity contribution is 7.89. The standard InChI is InChI=1S/C35H48N4O5S/c1-28(2)26-39(45(43,44)31-18-12-7-13-19-31)35(42,22-29-14-8-5-9-15-29)20-21-37-32(40)23-34(3,4)27-38-33(41)25-36-24-30-16-10-6-11-17-30/h5-19,28,36,42H,20-27H2,1-4H3,(H,37,40)(H,38,41). The van der Waals surface area contributed by atoms with Crippen molar-refractivity contribution in [1.82, 2.24) is 20.3 Å². The normalized spacial score (nSPS) is 13.4. The van der Waals surface area contributed by atoms with Gasteiger partial charge in [0.25, 0.3) is 0 Å². The molecule has 3 aromatic carbocycles. The van der Waals surface area contributed by atoms with Gasteiger partial charge in [-0.1, -0.05) is 107 Å². The number of carbonyl (C=O) groups is 2. The molecule has 0 bridgehead atoms. The minimum atomic E-state index is -4.07. The number of benzene rings is 3. The zero-order chi connectivity index (χ0) is 32.9. The number of hydrogen-bond acceptors (Lipinski definition) is 6. The monoisotopic (exact) mass is 636 g/mol. The quantitative estimate of drug-likeness (QED) is 0.156. The summed E-state index contributed by atoms with van der Waals surface area (Å²) in [4.78, 5) is 25.5. The highest BCUT2D eigenvalue weighted by atomic mass is 32.2. The van der Waals surface area contributed by atoms with Gasteiger partial charge in [-0.05, 0) is 34.6 Å². The third kappa shape index (κ3) is 11.7. The lowest BCUT2D eigenvalue weighted by atomic mass is 9.88. The Labute approximate surface area is 268 Å². The van der Waals surface area contributed by atoms with E-state index in [1.165, 1.54) is 16.4 Å². The van der Waals surface area contributed by atoms with Crippen molar-refractivity contribution in [2.45, 2.75) is 64.1 Å². The highest BCUT2D eigenvalue weighted by Crippen LogP contribution is 2.30. The van der Waals surface area contributed by atoms with E-state index in [1.54, 1.807) is 18.2 Å². The third-order valence-electron chi connectivity index (χ3n) is 7.36. The fraction of sp³-hybridized carbons (Fsp3) is 0.429. The molecule has 0 heterocycles. The van der Waals surface area contributed by atoms with Gasteiger partial charge in [0.05, 0.1) is 11.4 Å². The smallest absolute Gasteiger partial charge is 0.245 e. The van der Waals surface area contributed by atoms with Crippen molar-refractivity contribution in [2.24, 2.45) is 11.3 Å². The Balaban J connectivity index is 1.62. The average Bonchev–Trinajstić information content (AvgIpc) is 3.00. The summed E-state index contributed by atoms with van der Waals surface area (Å²) in [6, 6.07) is 27.1. The van der Waals surface area contributed by atoms with Crippen LogP contribution >= 0.6 is 0 Å². The SMILES string of the molecule is CC(C)CN(C(O)(CCNC(=O)CC(C)(C)CNC(=O)CNCc1ccccc1)Cc1ccccc1)S(=O)(=O)c1ccccc1. The first-order valence-electron chi connectivity index (χ1n) is 15.4. The first-order chi connectivity index (χ1) is 21.3. The molecule has 0 aliphatic carbocycles. The van der Waals surface area contributed by atoms with Gasteiger partial charge in [0.2, 0.25) is 21.8 Å². The molecule has 4 N–H and O–H groups in total. The molecule has 0 fully saturated rings. The van der Waals surface area contributed by atoms with E-state index in [-0.39, 0.29) is 61.5 Å². The molecule has 3 rings (SSSR count). The second kappa shape index (κ2) is 16.7. The molecular formula is C35H48N4O5S. The van der Waals surface area contributed by atoms with Gasteiger partial charge in [0.15, 0.2) is 0 Å². The fourth-order valence-corrected chi connectivity index (χ4v) is 6.90. The molecule has 0 saturated heterocycles. The van der Waals surface area contributed by atoms with Crippen molar-refractivity contribution >= 4 is 21.8 Å². The van der Waals surface area contributed by atoms with Gasteiger partial charge in [-0.2, -0.15) is 4.31 Å². The van der Waals surface area contributed by atoms with Crippen LogP contribution in [0.15, 0.2) is 95.9 Å². The van der Waals surface area contributed by atoms with E-state index in [4.69, 9.17) is 0 Å². The van der Waals surface area contributed by atoms with Crippen LogP contribution in [-0.4, -0.2) is 61.5 Å². The molecule has 2 amide bonds. The Kier molecular flexibility index (Phi) is 13.3. The van der Waals surface area contributed by atoms with Gasteiger partial charge in [0, 0.05) is 45.4 Å². The summed E-state index contributed by atoms with van der Waals surface area (Å²) in [6.45, 7) is 8.81. The first kappa shape index (κ1) is 35.9. The lowest BCUT2D eigenvalue weighted by molar-refractivity contribution is -0.125. The van der Waals surface area contributed by atoms with E-state index >= 15 is 0 Å². The van der Waals surface area contributed by atoms with E-state index in [2.05, 4.69) is 16.0 Å². The maximum Gasteiger partial charge on any atom is 0.245 e. The Morgan fingerprint density at radius 1 is 0.822 bits per heavy atom. The summed E-state index contributed by atoms with van der Waals surface area (Å²) in [7, 11) is -4.07. The zero-order valence-electron chi connectivity index (χ0n) is 26.8. The maximum absolute atomic E-state index is 13.9. The molecule has 244 valence electrons. The summed E-state index contributed by atoms with van der Waals surface area (Å²) in [6.07, 6.45) is 0.175. The Hall–Kier alpha value is -3.57. The average molecular weight is 637 g/mol. The molecule has 0 aromatic heterocycles. The minimum absolute atomic E-state index is 0.0172. The number of carbonyl (C=O) groups excluding carboxylic acids is 2. The van der Waals surface area contributed by atoms with Gasteiger partial charge in [-0.25, -0.2) is 8.42 Å². The molecule has 0 aliphatic heterocycles. The van der Waals surface area contributed by atoms with E-state index < -0.39 is 21.2 Å². The molecule has 0 aliphatic rings. The van der Waals surface area contributed by atoms with Crippen LogP contribution < -0.4 is 16.0 Å². The van der Waals surface area contributed by atoms with Crippen molar-refractivity contribution in [3.63, 3.8) is 0 Å². The predicted octanol–water partition coefficient (Wildman–Crippen LogP) is 4.09. The van der Waals surface area contributed by atoms with Gasteiger partial charge in [-0.3, -0.25) is 9.59 Å². The summed E-state index contributed by atoms with van der Waals surface area (Å²) in [5.74, 6) is -0.472. The van der Waals surface area contributed by atoms with Crippen LogP contribution in [0.4, 0.5) is 0 Å². The summed E-state index contributed by atoms with van der Waals surface area (Å²) in [5.41, 5.74) is -0.467. The lowest BCUT2D eigenvalue weighted by Gasteiger charge is -2.40. The van der Waals surface area contributed by atoms with Crippen LogP contribution in [0.3, 0.4) is 0 Å². The van der Waals surface area contributed by atoms with Crippen molar-refractivity contribution in [3.05, 3.63) is 102 Å². The molecule has 0 radical (unpaired) electrons. The third-order valence-corrected chi connectivity index (χ3v) is 9.30. The topological polar surface area (TPSA) is 128 Å². The van der Waals surface area contributed by atoms with Gasteiger partial charge in [-0.15, -0.1) is 0 Å². The molecule has 0 saturated carbocycles.